The van der Waals surface area contributed by atoms with Crippen molar-refractivity contribution in [3.8, 4) is 0 Å². The van der Waals surface area contributed by atoms with Gasteiger partial charge in [0.05, 0.1) is 24.7 Å². The average molecular weight is 249 g/mol. The molecular formula is C10H19NO4S. The van der Waals surface area contributed by atoms with Crippen molar-refractivity contribution in [3.63, 3.8) is 0 Å². The van der Waals surface area contributed by atoms with Crippen molar-refractivity contribution in [2.75, 3.05) is 44.4 Å². The number of nitrogens with zero attached hydrogens (tertiary/aromatic N) is 1. The number of hydrogen-bond donors (Lipinski definition) is 0. The van der Waals surface area contributed by atoms with Crippen LogP contribution in [0.1, 0.15) is 13.3 Å². The molecule has 1 rings (SSSR count). The molecule has 1 saturated heterocycles. The standard InChI is InChI=1S/C10H19NO4S/c1-10(12)2-8-16(13,14)9-5-11-3-6-15-7-4-11/h2-9H2,1H3. The second-order valence-corrected chi connectivity index (χ2v) is 6.36. The van der Waals surface area contributed by atoms with E-state index in [0.29, 0.717) is 19.8 Å². The van der Waals surface area contributed by atoms with Gasteiger partial charge in [0.25, 0.3) is 0 Å². The van der Waals surface area contributed by atoms with Gasteiger partial charge in [-0.15, -0.1) is 0 Å². The van der Waals surface area contributed by atoms with Crippen molar-refractivity contribution < 1.29 is 17.9 Å². The van der Waals surface area contributed by atoms with Crippen LogP contribution in [-0.4, -0.2) is 63.5 Å². The van der Waals surface area contributed by atoms with Gasteiger partial charge < -0.3 is 4.74 Å². The van der Waals surface area contributed by atoms with Crippen LogP contribution in [0, 0.1) is 0 Å². The molecule has 1 aliphatic rings. The average Bonchev–Trinajstić information content (AvgIpc) is 2.26. The second kappa shape index (κ2) is 6.32. The number of ketones is 1. The minimum atomic E-state index is -3.08. The molecule has 0 bridgehead atoms. The zero-order chi connectivity index (χ0) is 12.0. The van der Waals surface area contributed by atoms with Crippen LogP contribution in [-0.2, 0) is 19.4 Å². The molecule has 0 amide bonds. The van der Waals surface area contributed by atoms with E-state index < -0.39 is 9.84 Å². The lowest BCUT2D eigenvalue weighted by Crippen LogP contribution is -2.39. The maximum atomic E-state index is 11.6. The topological polar surface area (TPSA) is 63.7 Å². The first-order valence-corrected chi connectivity index (χ1v) is 7.32. The minimum Gasteiger partial charge on any atom is -0.379 e. The Morgan fingerprint density at radius 3 is 2.44 bits per heavy atom. The van der Waals surface area contributed by atoms with Gasteiger partial charge in [0.1, 0.15) is 5.78 Å². The van der Waals surface area contributed by atoms with Gasteiger partial charge in [-0.2, -0.15) is 0 Å². The number of ether oxygens (including phenoxy) is 1. The number of carbonyl (C=O) groups excluding carboxylic acids is 1. The lowest BCUT2D eigenvalue weighted by Gasteiger charge is -2.26. The smallest absolute Gasteiger partial charge is 0.152 e. The largest absolute Gasteiger partial charge is 0.379 e. The van der Waals surface area contributed by atoms with E-state index in [-0.39, 0.29) is 23.7 Å². The lowest BCUT2D eigenvalue weighted by atomic mass is 10.4. The molecular weight excluding hydrogens is 230 g/mol. The summed E-state index contributed by atoms with van der Waals surface area (Å²) < 4.78 is 28.3. The van der Waals surface area contributed by atoms with E-state index in [9.17, 15) is 13.2 Å². The maximum Gasteiger partial charge on any atom is 0.152 e. The molecule has 0 radical (unpaired) electrons. The van der Waals surface area contributed by atoms with E-state index in [0.717, 1.165) is 13.1 Å². The normalized spacial score (nSPS) is 18.6. The van der Waals surface area contributed by atoms with Crippen molar-refractivity contribution in [3.05, 3.63) is 0 Å². The third-order valence-electron chi connectivity index (χ3n) is 2.59. The quantitative estimate of drug-likeness (QED) is 0.647. The Bertz CT molecular complexity index is 320. The fraction of sp³-hybridized carbons (Fsp3) is 0.900. The summed E-state index contributed by atoms with van der Waals surface area (Å²) in [5.74, 6) is 0.0439. The van der Waals surface area contributed by atoms with Crippen LogP contribution in [0.15, 0.2) is 0 Å². The molecule has 6 heteroatoms. The molecule has 16 heavy (non-hydrogen) atoms. The van der Waals surface area contributed by atoms with E-state index in [1.165, 1.54) is 6.92 Å². The monoisotopic (exact) mass is 249 g/mol. The maximum absolute atomic E-state index is 11.6. The Balaban J connectivity index is 2.26. The van der Waals surface area contributed by atoms with E-state index in [2.05, 4.69) is 4.90 Å². The van der Waals surface area contributed by atoms with Crippen LogP contribution in [0.4, 0.5) is 0 Å². The van der Waals surface area contributed by atoms with Crippen molar-refractivity contribution in [2.24, 2.45) is 0 Å². The Hall–Kier alpha value is -0.460. The van der Waals surface area contributed by atoms with Crippen LogP contribution >= 0.6 is 0 Å². The first kappa shape index (κ1) is 13.6. The minimum absolute atomic E-state index is 0.0212. The van der Waals surface area contributed by atoms with Crippen molar-refractivity contribution in [1.29, 1.82) is 0 Å². The predicted molar refractivity (Wildman–Crippen MR) is 61.2 cm³/mol. The SMILES string of the molecule is CC(=O)CCS(=O)(=O)CCN1CCOCC1. The van der Waals surface area contributed by atoms with Crippen LogP contribution in [0.3, 0.4) is 0 Å². The summed E-state index contributed by atoms with van der Waals surface area (Å²) in [6, 6.07) is 0. The van der Waals surface area contributed by atoms with Gasteiger partial charge in [-0.25, -0.2) is 8.42 Å². The number of morpholine rings is 1. The van der Waals surface area contributed by atoms with Crippen LogP contribution in [0.5, 0.6) is 0 Å². The molecule has 1 heterocycles. The van der Waals surface area contributed by atoms with E-state index >= 15 is 0 Å². The highest BCUT2D eigenvalue weighted by atomic mass is 32.2. The summed E-state index contributed by atoms with van der Waals surface area (Å²) in [5.41, 5.74) is 0. The van der Waals surface area contributed by atoms with Crippen molar-refractivity contribution in [2.45, 2.75) is 13.3 Å². The lowest BCUT2D eigenvalue weighted by molar-refractivity contribution is -0.116. The van der Waals surface area contributed by atoms with Crippen molar-refractivity contribution >= 4 is 15.6 Å². The molecule has 0 unspecified atom stereocenters. The third-order valence-corrected chi connectivity index (χ3v) is 4.22. The van der Waals surface area contributed by atoms with Gasteiger partial charge in [0, 0.05) is 26.1 Å². The molecule has 5 nitrogen and oxygen atoms in total. The van der Waals surface area contributed by atoms with Gasteiger partial charge in [-0.3, -0.25) is 9.69 Å². The van der Waals surface area contributed by atoms with Crippen molar-refractivity contribution in [1.82, 2.24) is 4.90 Å². The summed E-state index contributed by atoms with van der Waals surface area (Å²) in [4.78, 5) is 12.8. The van der Waals surface area contributed by atoms with E-state index in [1.807, 2.05) is 0 Å². The fourth-order valence-corrected chi connectivity index (χ4v) is 2.83. The molecule has 0 aromatic rings. The van der Waals surface area contributed by atoms with E-state index in [4.69, 9.17) is 4.74 Å². The fourth-order valence-electron chi connectivity index (χ4n) is 1.49. The summed E-state index contributed by atoms with van der Waals surface area (Å²) in [5, 5.41) is 0. The van der Waals surface area contributed by atoms with Gasteiger partial charge in [-0.05, 0) is 6.92 Å². The molecule has 1 fully saturated rings. The zero-order valence-corrected chi connectivity index (χ0v) is 10.5. The third kappa shape index (κ3) is 5.58. The van der Waals surface area contributed by atoms with E-state index in [1.54, 1.807) is 0 Å². The van der Waals surface area contributed by atoms with Crippen LogP contribution in [0.2, 0.25) is 0 Å². The predicted octanol–water partition coefficient (Wildman–Crippen LogP) is -0.287. The Kier molecular flexibility index (Phi) is 5.37. The Morgan fingerprint density at radius 1 is 1.25 bits per heavy atom. The highest BCUT2D eigenvalue weighted by Crippen LogP contribution is 2.00. The molecule has 0 saturated carbocycles. The highest BCUT2D eigenvalue weighted by molar-refractivity contribution is 7.91. The highest BCUT2D eigenvalue weighted by Gasteiger charge is 2.16. The molecule has 1 aliphatic heterocycles. The molecule has 94 valence electrons. The zero-order valence-electron chi connectivity index (χ0n) is 9.65. The Labute approximate surface area is 96.7 Å². The number of rotatable bonds is 6. The molecule has 0 spiro atoms. The molecule has 0 aliphatic carbocycles. The number of carbonyl (C=O) groups is 1. The second-order valence-electron chi connectivity index (χ2n) is 4.06. The van der Waals surface area contributed by atoms with Gasteiger partial charge in [0.2, 0.25) is 0 Å². The van der Waals surface area contributed by atoms with Crippen LogP contribution in [0.25, 0.3) is 0 Å². The number of hydrogen-bond acceptors (Lipinski definition) is 5. The molecule has 0 aromatic carbocycles. The number of Topliss-reactive ketones (excluding diaryl/α,β-unsaturated/α-hetero) is 1. The molecule has 0 N–H and O–H groups in total. The first-order chi connectivity index (χ1) is 7.49. The molecule has 0 atom stereocenters. The first-order valence-electron chi connectivity index (χ1n) is 5.49. The van der Waals surface area contributed by atoms with Gasteiger partial charge in [-0.1, -0.05) is 0 Å². The summed E-state index contributed by atoms with van der Waals surface area (Å²) >= 11 is 0. The van der Waals surface area contributed by atoms with Gasteiger partial charge in [0.15, 0.2) is 9.84 Å². The molecule has 0 aromatic heterocycles. The summed E-state index contributed by atoms with van der Waals surface area (Å²) in [7, 11) is -3.08. The van der Waals surface area contributed by atoms with Gasteiger partial charge >= 0.3 is 0 Å². The Morgan fingerprint density at radius 2 is 1.88 bits per heavy atom. The van der Waals surface area contributed by atoms with Crippen LogP contribution < -0.4 is 0 Å². The number of sulfone groups is 1. The summed E-state index contributed by atoms with van der Waals surface area (Å²) in [6.45, 7) is 4.90. The summed E-state index contributed by atoms with van der Waals surface area (Å²) in [6.07, 6.45) is 0.130.